The number of nitriles is 1. The van der Waals surface area contributed by atoms with Gasteiger partial charge in [0.2, 0.25) is 11.9 Å². The molecule has 0 spiro atoms. The van der Waals surface area contributed by atoms with Crippen molar-refractivity contribution in [2.75, 3.05) is 24.3 Å². The SMILES string of the molecule is COc1nc(NCC(C)C#N)nc(NC(C)C)n1. The van der Waals surface area contributed by atoms with Crippen molar-refractivity contribution in [2.24, 2.45) is 5.92 Å². The van der Waals surface area contributed by atoms with Crippen molar-refractivity contribution in [3.8, 4) is 12.1 Å². The van der Waals surface area contributed by atoms with Gasteiger partial charge in [0.25, 0.3) is 0 Å². The Morgan fingerprint density at radius 3 is 2.44 bits per heavy atom. The monoisotopic (exact) mass is 250 g/mol. The maximum atomic E-state index is 8.71. The Morgan fingerprint density at radius 2 is 1.89 bits per heavy atom. The number of nitrogens with zero attached hydrogens (tertiary/aromatic N) is 4. The fraction of sp³-hybridized carbons (Fsp3) is 0.636. The second-order valence-corrected chi connectivity index (χ2v) is 4.18. The average molecular weight is 250 g/mol. The van der Waals surface area contributed by atoms with E-state index in [1.807, 2.05) is 20.8 Å². The first-order valence-electron chi connectivity index (χ1n) is 5.75. The van der Waals surface area contributed by atoms with E-state index in [4.69, 9.17) is 10.00 Å². The van der Waals surface area contributed by atoms with Crippen LogP contribution in [0.25, 0.3) is 0 Å². The van der Waals surface area contributed by atoms with Gasteiger partial charge in [-0.3, -0.25) is 0 Å². The molecule has 1 aromatic heterocycles. The summed E-state index contributed by atoms with van der Waals surface area (Å²) in [6, 6.07) is 2.58. The molecule has 0 aliphatic rings. The Bertz CT molecular complexity index is 428. The van der Waals surface area contributed by atoms with Gasteiger partial charge in [0.1, 0.15) is 0 Å². The van der Waals surface area contributed by atoms with Crippen LogP contribution in [0.3, 0.4) is 0 Å². The van der Waals surface area contributed by atoms with E-state index in [2.05, 4.69) is 31.7 Å². The summed E-state index contributed by atoms with van der Waals surface area (Å²) in [5.41, 5.74) is 0. The molecule has 0 bridgehead atoms. The number of anilines is 2. The molecule has 7 heteroatoms. The summed E-state index contributed by atoms with van der Waals surface area (Å²) in [6.45, 7) is 6.27. The predicted octanol–water partition coefficient (Wildman–Crippen LogP) is 1.27. The largest absolute Gasteiger partial charge is 0.467 e. The molecule has 0 aliphatic carbocycles. The Hall–Kier alpha value is -2.10. The molecule has 7 nitrogen and oxygen atoms in total. The number of methoxy groups -OCH3 is 1. The van der Waals surface area contributed by atoms with Gasteiger partial charge in [-0.1, -0.05) is 0 Å². The third-order valence-corrected chi connectivity index (χ3v) is 2.00. The standard InChI is InChI=1S/C11H18N6O/c1-7(2)14-10-15-9(13-6-8(3)5-12)16-11(17-10)18-4/h7-8H,6H2,1-4H3,(H2,13,14,15,16,17). The van der Waals surface area contributed by atoms with Gasteiger partial charge in [0.15, 0.2) is 0 Å². The first-order valence-corrected chi connectivity index (χ1v) is 5.75. The van der Waals surface area contributed by atoms with E-state index < -0.39 is 0 Å². The molecular formula is C11H18N6O. The molecule has 0 saturated carbocycles. The number of hydrogen-bond donors (Lipinski definition) is 2. The van der Waals surface area contributed by atoms with E-state index in [1.165, 1.54) is 7.11 Å². The maximum Gasteiger partial charge on any atom is 0.322 e. The molecule has 0 saturated heterocycles. The lowest BCUT2D eigenvalue weighted by atomic mass is 10.2. The van der Waals surface area contributed by atoms with E-state index in [-0.39, 0.29) is 18.0 Å². The van der Waals surface area contributed by atoms with Gasteiger partial charge in [-0.05, 0) is 20.8 Å². The van der Waals surface area contributed by atoms with Crippen LogP contribution in [0.4, 0.5) is 11.9 Å². The Kier molecular flexibility index (Phi) is 5.11. The fourth-order valence-corrected chi connectivity index (χ4v) is 1.14. The summed E-state index contributed by atoms with van der Waals surface area (Å²) in [7, 11) is 1.50. The molecule has 1 aromatic rings. The van der Waals surface area contributed by atoms with Crippen LogP contribution >= 0.6 is 0 Å². The van der Waals surface area contributed by atoms with Crippen molar-refractivity contribution >= 4 is 11.9 Å². The van der Waals surface area contributed by atoms with Crippen LogP contribution < -0.4 is 15.4 Å². The van der Waals surface area contributed by atoms with Crippen LogP contribution in [-0.4, -0.2) is 34.6 Å². The summed E-state index contributed by atoms with van der Waals surface area (Å²) in [5.74, 6) is 0.727. The Balaban J connectivity index is 2.80. The van der Waals surface area contributed by atoms with Gasteiger partial charge in [-0.2, -0.15) is 20.2 Å². The quantitative estimate of drug-likeness (QED) is 0.784. The van der Waals surface area contributed by atoms with Crippen LogP contribution in [0, 0.1) is 17.2 Å². The molecule has 0 aromatic carbocycles. The van der Waals surface area contributed by atoms with Gasteiger partial charge in [0.05, 0.1) is 19.1 Å². The van der Waals surface area contributed by atoms with Crippen LogP contribution in [0.5, 0.6) is 6.01 Å². The second kappa shape index (κ2) is 6.59. The van der Waals surface area contributed by atoms with Crippen LogP contribution in [-0.2, 0) is 0 Å². The number of rotatable bonds is 6. The van der Waals surface area contributed by atoms with Crippen molar-refractivity contribution in [3.63, 3.8) is 0 Å². The lowest BCUT2D eigenvalue weighted by Gasteiger charge is -2.11. The minimum absolute atomic E-state index is 0.116. The minimum atomic E-state index is -0.116. The average Bonchev–Trinajstić information content (AvgIpc) is 2.34. The van der Waals surface area contributed by atoms with Crippen molar-refractivity contribution in [1.82, 2.24) is 15.0 Å². The van der Waals surface area contributed by atoms with Crippen molar-refractivity contribution in [3.05, 3.63) is 0 Å². The molecule has 1 atom stereocenters. The topological polar surface area (TPSA) is 95.8 Å². The summed E-state index contributed by atoms with van der Waals surface area (Å²) >= 11 is 0. The minimum Gasteiger partial charge on any atom is -0.467 e. The van der Waals surface area contributed by atoms with E-state index >= 15 is 0 Å². The van der Waals surface area contributed by atoms with Crippen LogP contribution in [0.15, 0.2) is 0 Å². The van der Waals surface area contributed by atoms with Gasteiger partial charge < -0.3 is 15.4 Å². The van der Waals surface area contributed by atoms with Crippen LogP contribution in [0.2, 0.25) is 0 Å². The van der Waals surface area contributed by atoms with Crippen molar-refractivity contribution in [1.29, 1.82) is 5.26 Å². The van der Waals surface area contributed by atoms with Crippen LogP contribution in [0.1, 0.15) is 20.8 Å². The second-order valence-electron chi connectivity index (χ2n) is 4.18. The van der Waals surface area contributed by atoms with Gasteiger partial charge >= 0.3 is 6.01 Å². The molecule has 0 fully saturated rings. The Labute approximate surface area is 107 Å². The lowest BCUT2D eigenvalue weighted by molar-refractivity contribution is 0.379. The third kappa shape index (κ3) is 4.41. The molecule has 0 radical (unpaired) electrons. The lowest BCUT2D eigenvalue weighted by Crippen LogP contribution is -2.17. The molecular weight excluding hydrogens is 232 g/mol. The maximum absolute atomic E-state index is 8.71. The molecule has 1 rings (SSSR count). The van der Waals surface area contributed by atoms with E-state index in [9.17, 15) is 0 Å². The highest BCUT2D eigenvalue weighted by Gasteiger charge is 2.08. The molecule has 1 heterocycles. The molecule has 2 N–H and O–H groups in total. The number of hydrogen-bond acceptors (Lipinski definition) is 7. The summed E-state index contributed by atoms with van der Waals surface area (Å²) < 4.78 is 5.00. The molecule has 98 valence electrons. The van der Waals surface area contributed by atoms with E-state index in [1.54, 1.807) is 0 Å². The highest BCUT2D eigenvalue weighted by Crippen LogP contribution is 2.11. The molecule has 18 heavy (non-hydrogen) atoms. The zero-order valence-electron chi connectivity index (χ0n) is 11.1. The van der Waals surface area contributed by atoms with Gasteiger partial charge in [-0.25, -0.2) is 0 Å². The summed E-state index contributed by atoms with van der Waals surface area (Å²) in [5, 5.41) is 14.8. The molecule has 0 amide bonds. The predicted molar refractivity (Wildman–Crippen MR) is 68.4 cm³/mol. The van der Waals surface area contributed by atoms with E-state index in [0.29, 0.717) is 18.4 Å². The number of nitrogens with one attached hydrogen (secondary N) is 2. The summed E-state index contributed by atoms with van der Waals surface area (Å²) in [6.07, 6.45) is 0. The van der Waals surface area contributed by atoms with Crippen molar-refractivity contribution in [2.45, 2.75) is 26.8 Å². The first kappa shape index (κ1) is 14.0. The number of aromatic nitrogens is 3. The van der Waals surface area contributed by atoms with E-state index in [0.717, 1.165) is 0 Å². The third-order valence-electron chi connectivity index (χ3n) is 2.00. The highest BCUT2D eigenvalue weighted by atomic mass is 16.5. The number of ether oxygens (including phenoxy) is 1. The fourth-order valence-electron chi connectivity index (χ4n) is 1.14. The van der Waals surface area contributed by atoms with Crippen molar-refractivity contribution < 1.29 is 4.74 Å². The van der Waals surface area contributed by atoms with Gasteiger partial charge in [0, 0.05) is 12.6 Å². The zero-order valence-corrected chi connectivity index (χ0v) is 11.1. The smallest absolute Gasteiger partial charge is 0.322 e. The normalized spacial score (nSPS) is 11.8. The first-order chi connectivity index (χ1) is 8.55. The van der Waals surface area contributed by atoms with Gasteiger partial charge in [-0.15, -0.1) is 0 Å². The summed E-state index contributed by atoms with van der Waals surface area (Å²) in [4.78, 5) is 12.3. The zero-order chi connectivity index (χ0) is 13.5. The highest BCUT2D eigenvalue weighted by molar-refractivity contribution is 5.36. The Morgan fingerprint density at radius 1 is 1.22 bits per heavy atom. The molecule has 0 aliphatic heterocycles. The molecule has 1 unspecified atom stereocenters.